The molecule has 0 aromatic heterocycles. The lowest BCUT2D eigenvalue weighted by Gasteiger charge is -2.33. The molecule has 0 spiro atoms. The van der Waals surface area contributed by atoms with Crippen LogP contribution in [-0.4, -0.2) is 6.54 Å². The van der Waals surface area contributed by atoms with Crippen molar-refractivity contribution in [1.29, 1.82) is 0 Å². The summed E-state index contributed by atoms with van der Waals surface area (Å²) in [4.78, 5) is 0. The van der Waals surface area contributed by atoms with Crippen molar-refractivity contribution in [1.82, 2.24) is 5.32 Å². The first-order chi connectivity index (χ1) is 10.2. The van der Waals surface area contributed by atoms with Crippen molar-refractivity contribution < 1.29 is 4.39 Å². The summed E-state index contributed by atoms with van der Waals surface area (Å²) in [6.45, 7) is 2.91. The summed E-state index contributed by atoms with van der Waals surface area (Å²) in [6.07, 6.45) is 2.05. The van der Waals surface area contributed by atoms with E-state index in [-0.39, 0.29) is 11.9 Å². The summed E-state index contributed by atoms with van der Waals surface area (Å²) in [6, 6.07) is 13.8. The van der Waals surface area contributed by atoms with Gasteiger partial charge in [0.15, 0.2) is 0 Å². The van der Waals surface area contributed by atoms with Crippen LogP contribution in [0.2, 0.25) is 0 Å². The van der Waals surface area contributed by atoms with Crippen LogP contribution in [0.1, 0.15) is 42.0 Å². The van der Waals surface area contributed by atoms with E-state index in [0.717, 1.165) is 29.4 Å². The minimum absolute atomic E-state index is 0.0610. The Morgan fingerprint density at radius 3 is 2.86 bits per heavy atom. The van der Waals surface area contributed by atoms with Gasteiger partial charge in [0.1, 0.15) is 5.82 Å². The van der Waals surface area contributed by atoms with E-state index < -0.39 is 0 Å². The van der Waals surface area contributed by atoms with Crippen LogP contribution in [0, 0.1) is 5.82 Å². The van der Waals surface area contributed by atoms with Gasteiger partial charge in [-0.05, 0) is 54.6 Å². The van der Waals surface area contributed by atoms with Crippen LogP contribution < -0.4 is 5.32 Å². The lowest BCUT2D eigenvalue weighted by molar-refractivity contribution is 0.422. The quantitative estimate of drug-likeness (QED) is 0.805. The molecule has 0 amide bonds. The van der Waals surface area contributed by atoms with Gasteiger partial charge in [-0.3, -0.25) is 0 Å². The van der Waals surface area contributed by atoms with Crippen LogP contribution in [0.25, 0.3) is 0 Å². The van der Waals surface area contributed by atoms with Crippen molar-refractivity contribution in [2.45, 2.75) is 31.7 Å². The fourth-order valence-corrected chi connectivity index (χ4v) is 3.58. The lowest BCUT2D eigenvalue weighted by Crippen LogP contribution is -2.27. The highest BCUT2D eigenvalue weighted by molar-refractivity contribution is 9.10. The first-order valence-corrected chi connectivity index (χ1v) is 8.24. The number of fused-ring (bicyclic) bond motifs is 1. The van der Waals surface area contributed by atoms with Crippen molar-refractivity contribution in [2.75, 3.05) is 6.54 Å². The summed E-state index contributed by atoms with van der Waals surface area (Å²) in [7, 11) is 0. The van der Waals surface area contributed by atoms with Crippen molar-refractivity contribution in [2.24, 2.45) is 0 Å². The molecule has 21 heavy (non-hydrogen) atoms. The van der Waals surface area contributed by atoms with E-state index in [9.17, 15) is 4.39 Å². The van der Waals surface area contributed by atoms with Gasteiger partial charge in [-0.2, -0.15) is 0 Å². The van der Waals surface area contributed by atoms with Crippen LogP contribution >= 0.6 is 15.9 Å². The molecule has 0 fully saturated rings. The average Bonchev–Trinajstić information content (AvgIpc) is 2.46. The van der Waals surface area contributed by atoms with Gasteiger partial charge in [-0.25, -0.2) is 4.39 Å². The first kappa shape index (κ1) is 14.7. The summed E-state index contributed by atoms with van der Waals surface area (Å²) in [5.41, 5.74) is 3.62. The minimum Gasteiger partial charge on any atom is -0.310 e. The zero-order chi connectivity index (χ0) is 14.8. The number of rotatable bonds is 5. The second kappa shape index (κ2) is 6.29. The standard InChI is InChI=1S/C18H19BrFN/c1-2-21-18(16-11-14(19)7-8-17(16)20)10-13-9-12-5-3-4-6-15(12)13/h3-8,11,13,18,21H,2,9-10H2,1H3. The highest BCUT2D eigenvalue weighted by Crippen LogP contribution is 2.41. The monoisotopic (exact) mass is 347 g/mol. The number of hydrogen-bond donors (Lipinski definition) is 1. The fraction of sp³-hybridized carbons (Fsp3) is 0.333. The van der Waals surface area contributed by atoms with Gasteiger partial charge in [-0.15, -0.1) is 0 Å². The zero-order valence-corrected chi connectivity index (χ0v) is 13.7. The predicted molar refractivity (Wildman–Crippen MR) is 88.0 cm³/mol. The van der Waals surface area contributed by atoms with Gasteiger partial charge >= 0.3 is 0 Å². The predicted octanol–water partition coefficient (Wildman–Crippen LogP) is 4.97. The normalized spacial score (nSPS) is 18.0. The third-order valence-electron chi connectivity index (χ3n) is 4.27. The van der Waals surface area contributed by atoms with Crippen molar-refractivity contribution >= 4 is 15.9 Å². The minimum atomic E-state index is -0.128. The topological polar surface area (TPSA) is 12.0 Å². The Bertz CT molecular complexity index is 641. The van der Waals surface area contributed by atoms with Gasteiger partial charge in [0.05, 0.1) is 0 Å². The molecule has 110 valence electrons. The van der Waals surface area contributed by atoms with E-state index in [1.807, 2.05) is 6.07 Å². The van der Waals surface area contributed by atoms with E-state index in [4.69, 9.17) is 0 Å². The largest absolute Gasteiger partial charge is 0.310 e. The number of benzene rings is 2. The summed E-state index contributed by atoms with van der Waals surface area (Å²) in [5, 5.41) is 3.44. The van der Waals surface area contributed by atoms with Gasteiger partial charge in [0, 0.05) is 16.1 Å². The van der Waals surface area contributed by atoms with Gasteiger partial charge < -0.3 is 5.32 Å². The first-order valence-electron chi connectivity index (χ1n) is 7.45. The molecular weight excluding hydrogens is 329 g/mol. The molecule has 0 saturated carbocycles. The van der Waals surface area contributed by atoms with Crippen molar-refractivity contribution in [3.05, 3.63) is 69.4 Å². The second-order valence-electron chi connectivity index (χ2n) is 5.61. The Kier molecular flexibility index (Phi) is 4.41. The Balaban J connectivity index is 1.81. The van der Waals surface area contributed by atoms with E-state index in [2.05, 4.69) is 52.4 Å². The SMILES string of the molecule is CCNC(CC1Cc2ccccc21)c1cc(Br)ccc1F. The molecule has 3 rings (SSSR count). The van der Waals surface area contributed by atoms with Crippen molar-refractivity contribution in [3.8, 4) is 0 Å². The number of halogens is 2. The van der Waals surface area contributed by atoms with E-state index >= 15 is 0 Å². The molecule has 3 heteroatoms. The third kappa shape index (κ3) is 3.04. The molecule has 0 radical (unpaired) electrons. The molecule has 2 unspecified atom stereocenters. The van der Waals surface area contributed by atoms with Crippen LogP contribution in [0.15, 0.2) is 46.9 Å². The van der Waals surface area contributed by atoms with Crippen LogP contribution in [0.4, 0.5) is 4.39 Å². The molecule has 1 aliphatic carbocycles. The van der Waals surface area contributed by atoms with Gasteiger partial charge in [-0.1, -0.05) is 47.1 Å². The van der Waals surface area contributed by atoms with Crippen LogP contribution in [0.5, 0.6) is 0 Å². The molecule has 0 saturated heterocycles. The summed E-state index contributed by atoms with van der Waals surface area (Å²) >= 11 is 3.44. The van der Waals surface area contributed by atoms with Crippen LogP contribution in [-0.2, 0) is 6.42 Å². The molecule has 1 aliphatic rings. The zero-order valence-electron chi connectivity index (χ0n) is 12.1. The van der Waals surface area contributed by atoms with Gasteiger partial charge in [0.25, 0.3) is 0 Å². The third-order valence-corrected chi connectivity index (χ3v) is 4.76. The highest BCUT2D eigenvalue weighted by atomic mass is 79.9. The molecule has 2 atom stereocenters. The van der Waals surface area contributed by atoms with E-state index in [1.165, 1.54) is 11.1 Å². The molecule has 1 nitrogen and oxygen atoms in total. The molecule has 1 N–H and O–H groups in total. The highest BCUT2D eigenvalue weighted by Gasteiger charge is 2.29. The fourth-order valence-electron chi connectivity index (χ4n) is 3.21. The van der Waals surface area contributed by atoms with Crippen LogP contribution in [0.3, 0.4) is 0 Å². The molecule has 0 aliphatic heterocycles. The van der Waals surface area contributed by atoms with Crippen molar-refractivity contribution in [3.63, 3.8) is 0 Å². The molecule has 0 heterocycles. The number of hydrogen-bond acceptors (Lipinski definition) is 1. The second-order valence-corrected chi connectivity index (χ2v) is 6.53. The molecule has 0 bridgehead atoms. The van der Waals surface area contributed by atoms with E-state index in [1.54, 1.807) is 12.1 Å². The summed E-state index contributed by atoms with van der Waals surface area (Å²) in [5.74, 6) is 0.403. The molecule has 2 aromatic rings. The maximum absolute atomic E-state index is 14.2. The Morgan fingerprint density at radius 1 is 1.29 bits per heavy atom. The maximum atomic E-state index is 14.2. The molecular formula is C18H19BrFN. The Labute approximate surface area is 133 Å². The number of nitrogens with one attached hydrogen (secondary N) is 1. The lowest BCUT2D eigenvalue weighted by atomic mass is 9.73. The average molecular weight is 348 g/mol. The Hall–Kier alpha value is -1.19. The maximum Gasteiger partial charge on any atom is 0.128 e. The van der Waals surface area contributed by atoms with Gasteiger partial charge in [0.2, 0.25) is 0 Å². The smallest absolute Gasteiger partial charge is 0.128 e. The molecule has 2 aromatic carbocycles. The van der Waals surface area contributed by atoms with E-state index in [0.29, 0.717) is 5.92 Å². The Morgan fingerprint density at radius 2 is 2.10 bits per heavy atom. The summed E-state index contributed by atoms with van der Waals surface area (Å²) < 4.78 is 15.1.